The predicted octanol–water partition coefficient (Wildman–Crippen LogP) is 4.57. The van der Waals surface area contributed by atoms with Gasteiger partial charge in [-0.1, -0.05) is 26.0 Å². The van der Waals surface area contributed by atoms with Crippen LogP contribution < -0.4 is 5.43 Å². The van der Waals surface area contributed by atoms with Gasteiger partial charge in [-0.25, -0.2) is 0 Å². The van der Waals surface area contributed by atoms with E-state index in [4.69, 9.17) is 0 Å². The lowest BCUT2D eigenvalue weighted by atomic mass is 9.74. The fourth-order valence-corrected chi connectivity index (χ4v) is 4.05. The van der Waals surface area contributed by atoms with E-state index < -0.39 is 30.2 Å². The number of fused-ring (bicyclic) bond motifs is 1. The molecule has 8 heteroatoms. The van der Waals surface area contributed by atoms with Crippen molar-refractivity contribution < 1.29 is 28.2 Å². The highest BCUT2D eigenvalue weighted by Gasteiger charge is 2.56. The second kappa shape index (κ2) is 8.09. The molecular weight excluding hydrogens is 423 g/mol. The Kier molecular flexibility index (Phi) is 5.95. The van der Waals surface area contributed by atoms with Crippen LogP contribution in [0.15, 0.2) is 59.5 Å². The maximum Gasteiger partial charge on any atom is 0.418 e. The minimum Gasteiger partial charge on any atom is -0.508 e. The third kappa shape index (κ3) is 4.41. The van der Waals surface area contributed by atoms with E-state index in [2.05, 4.69) is 0 Å². The van der Waals surface area contributed by atoms with Gasteiger partial charge in [0.2, 0.25) is 0 Å². The van der Waals surface area contributed by atoms with Crippen LogP contribution >= 0.6 is 0 Å². The molecule has 1 atom stereocenters. The molecule has 0 bridgehead atoms. The fraction of sp³-hybridized carbons (Fsp3) is 0.333. The number of aromatic hydroxyl groups is 1. The fourth-order valence-electron chi connectivity index (χ4n) is 4.05. The molecule has 170 valence electrons. The molecule has 5 nitrogen and oxygen atoms in total. The standard InChI is InChI=1S/C24H24F3NO4/c1-15(29)16-8-9-21(31)18(12-16)22(2,3)13-23(32,24(25,26)27)14-28-11-10-20(30)17-6-4-5-7-19(17)28/h4-12,31-32H,13-14H2,1-3H3. The van der Waals surface area contributed by atoms with Gasteiger partial charge >= 0.3 is 6.18 Å². The Morgan fingerprint density at radius 3 is 2.34 bits per heavy atom. The lowest BCUT2D eigenvalue weighted by molar-refractivity contribution is -0.271. The zero-order valence-electron chi connectivity index (χ0n) is 17.9. The number of phenols is 1. The van der Waals surface area contributed by atoms with Crippen LogP contribution in [0, 0.1) is 0 Å². The Morgan fingerprint density at radius 2 is 1.72 bits per heavy atom. The number of benzene rings is 2. The van der Waals surface area contributed by atoms with Crippen molar-refractivity contribution in [2.75, 3.05) is 0 Å². The van der Waals surface area contributed by atoms with E-state index in [1.165, 1.54) is 61.9 Å². The number of alkyl halides is 3. The molecule has 1 unspecified atom stereocenters. The van der Waals surface area contributed by atoms with Crippen molar-refractivity contribution in [3.63, 3.8) is 0 Å². The molecule has 3 aromatic rings. The lowest BCUT2D eigenvalue weighted by Gasteiger charge is -2.38. The van der Waals surface area contributed by atoms with Crippen molar-refractivity contribution in [3.8, 4) is 5.75 Å². The van der Waals surface area contributed by atoms with E-state index in [0.29, 0.717) is 0 Å². The van der Waals surface area contributed by atoms with Crippen molar-refractivity contribution in [2.45, 2.75) is 50.9 Å². The highest BCUT2D eigenvalue weighted by atomic mass is 19.4. The summed E-state index contributed by atoms with van der Waals surface area (Å²) in [6, 6.07) is 11.4. The summed E-state index contributed by atoms with van der Waals surface area (Å²) in [5.74, 6) is -0.564. The van der Waals surface area contributed by atoms with Crippen LogP contribution in [-0.2, 0) is 12.0 Å². The van der Waals surface area contributed by atoms with Crippen LogP contribution in [0.25, 0.3) is 10.9 Å². The highest BCUT2D eigenvalue weighted by Crippen LogP contribution is 2.44. The van der Waals surface area contributed by atoms with Crippen LogP contribution in [0.3, 0.4) is 0 Å². The molecule has 2 aromatic carbocycles. The zero-order chi connectivity index (χ0) is 23.9. The van der Waals surface area contributed by atoms with Gasteiger partial charge in [0.05, 0.1) is 12.1 Å². The van der Waals surface area contributed by atoms with Crippen LogP contribution in [0.5, 0.6) is 5.75 Å². The molecule has 0 fully saturated rings. The number of para-hydroxylation sites is 1. The van der Waals surface area contributed by atoms with Gasteiger partial charge in [-0.15, -0.1) is 0 Å². The van der Waals surface area contributed by atoms with Gasteiger partial charge in [0.1, 0.15) is 5.75 Å². The van der Waals surface area contributed by atoms with E-state index >= 15 is 0 Å². The number of nitrogens with zero attached hydrogens (tertiary/aromatic N) is 1. The van der Waals surface area contributed by atoms with Crippen LogP contribution in [0.4, 0.5) is 13.2 Å². The third-order valence-electron chi connectivity index (χ3n) is 5.71. The Hall–Kier alpha value is -3.13. The van der Waals surface area contributed by atoms with Crippen LogP contribution in [0.2, 0.25) is 0 Å². The normalized spacial score (nSPS) is 14.3. The van der Waals surface area contributed by atoms with Crippen molar-refractivity contribution in [1.82, 2.24) is 4.57 Å². The first-order chi connectivity index (χ1) is 14.7. The molecule has 2 N–H and O–H groups in total. The molecule has 0 aliphatic carbocycles. The average Bonchev–Trinajstić information content (AvgIpc) is 2.69. The number of aromatic nitrogens is 1. The molecule has 1 aromatic heterocycles. The molecule has 0 spiro atoms. The molecule has 0 amide bonds. The number of carbonyl (C=O) groups excluding carboxylic acids is 1. The third-order valence-corrected chi connectivity index (χ3v) is 5.71. The molecule has 0 radical (unpaired) electrons. The minimum atomic E-state index is -5.01. The van der Waals surface area contributed by atoms with Gasteiger partial charge in [-0.2, -0.15) is 13.2 Å². The second-order valence-corrected chi connectivity index (χ2v) is 8.70. The summed E-state index contributed by atoms with van der Waals surface area (Å²) in [4.78, 5) is 23.8. The quantitative estimate of drug-likeness (QED) is 0.543. The maximum absolute atomic E-state index is 14.2. The maximum atomic E-state index is 14.2. The predicted molar refractivity (Wildman–Crippen MR) is 115 cm³/mol. The van der Waals surface area contributed by atoms with Gasteiger partial charge in [0.25, 0.3) is 0 Å². The van der Waals surface area contributed by atoms with Crippen molar-refractivity contribution in [1.29, 1.82) is 0 Å². The number of carbonyl (C=O) groups is 1. The molecule has 3 rings (SSSR count). The number of hydrogen-bond donors (Lipinski definition) is 2. The Balaban J connectivity index is 2.08. The number of ketones is 1. The molecule has 0 aliphatic heterocycles. The van der Waals surface area contributed by atoms with Gasteiger partial charge in [0.15, 0.2) is 16.8 Å². The summed E-state index contributed by atoms with van der Waals surface area (Å²) in [5.41, 5.74) is -4.24. The van der Waals surface area contributed by atoms with Crippen LogP contribution in [-0.4, -0.2) is 32.3 Å². The summed E-state index contributed by atoms with van der Waals surface area (Å²) in [6.07, 6.45) is -4.58. The van der Waals surface area contributed by atoms with Crippen molar-refractivity contribution >= 4 is 16.7 Å². The minimum absolute atomic E-state index is 0.123. The van der Waals surface area contributed by atoms with Gasteiger partial charge < -0.3 is 14.8 Å². The molecule has 0 aliphatic rings. The molecular formula is C24H24F3NO4. The summed E-state index contributed by atoms with van der Waals surface area (Å²) < 4.78 is 43.7. The van der Waals surface area contributed by atoms with Gasteiger partial charge in [0, 0.05) is 28.8 Å². The molecule has 0 saturated carbocycles. The Morgan fingerprint density at radius 1 is 1.06 bits per heavy atom. The zero-order valence-corrected chi connectivity index (χ0v) is 17.9. The number of pyridine rings is 1. The Bertz CT molecular complexity index is 1230. The van der Waals surface area contributed by atoms with Crippen LogP contribution in [0.1, 0.15) is 43.1 Å². The second-order valence-electron chi connectivity index (χ2n) is 8.70. The highest BCUT2D eigenvalue weighted by molar-refractivity contribution is 5.94. The topological polar surface area (TPSA) is 79.5 Å². The van der Waals surface area contributed by atoms with E-state index in [1.54, 1.807) is 12.1 Å². The molecule has 32 heavy (non-hydrogen) atoms. The summed E-state index contributed by atoms with van der Waals surface area (Å²) in [7, 11) is 0. The number of phenolic OH excluding ortho intramolecular Hbond substituents is 1. The van der Waals surface area contributed by atoms with Crippen molar-refractivity contribution in [3.05, 3.63) is 76.1 Å². The summed E-state index contributed by atoms with van der Waals surface area (Å²) in [6.45, 7) is 3.39. The number of halogens is 3. The number of Topliss-reactive ketones (excluding diaryl/α,β-unsaturated/α-hetero) is 1. The summed E-state index contributed by atoms with van der Waals surface area (Å²) >= 11 is 0. The van der Waals surface area contributed by atoms with E-state index in [1.807, 2.05) is 0 Å². The van der Waals surface area contributed by atoms with Gasteiger partial charge in [-0.05, 0) is 49.1 Å². The first-order valence-corrected chi connectivity index (χ1v) is 9.97. The SMILES string of the molecule is CC(=O)c1ccc(O)c(C(C)(C)CC(O)(Cn2ccc(=O)c3ccccc32)C(F)(F)F)c1. The number of rotatable bonds is 6. The average molecular weight is 447 g/mol. The van der Waals surface area contributed by atoms with Gasteiger partial charge in [-0.3, -0.25) is 9.59 Å². The first-order valence-electron chi connectivity index (χ1n) is 9.97. The monoisotopic (exact) mass is 447 g/mol. The van der Waals surface area contributed by atoms with E-state index in [0.717, 1.165) is 6.07 Å². The van der Waals surface area contributed by atoms with E-state index in [-0.39, 0.29) is 39.0 Å². The molecule has 1 heterocycles. The summed E-state index contributed by atoms with van der Waals surface area (Å²) in [5, 5.41) is 21.5. The van der Waals surface area contributed by atoms with E-state index in [9.17, 15) is 33.0 Å². The first kappa shape index (κ1) is 23.5. The lowest BCUT2D eigenvalue weighted by Crippen LogP contribution is -2.52. The largest absolute Gasteiger partial charge is 0.508 e. The number of aliphatic hydroxyl groups is 1. The Labute approximate surface area is 182 Å². The number of hydrogen-bond acceptors (Lipinski definition) is 4. The van der Waals surface area contributed by atoms with Crippen molar-refractivity contribution in [2.24, 2.45) is 0 Å². The smallest absolute Gasteiger partial charge is 0.418 e. The molecule has 0 saturated heterocycles.